The number of nitrogens with one attached hydrogen (secondary N) is 1. The van der Waals surface area contributed by atoms with Crippen molar-refractivity contribution in [1.29, 1.82) is 0 Å². The van der Waals surface area contributed by atoms with E-state index in [9.17, 15) is 0 Å². The number of para-hydroxylation sites is 1. The average molecular weight is 264 g/mol. The molecule has 0 radical (unpaired) electrons. The van der Waals surface area contributed by atoms with Gasteiger partial charge in [0.2, 0.25) is 0 Å². The summed E-state index contributed by atoms with van der Waals surface area (Å²) in [6.07, 6.45) is 1.93. The second-order valence-corrected chi connectivity index (χ2v) is 5.78. The first-order chi connectivity index (χ1) is 8.69. The molecule has 0 spiro atoms. The maximum atomic E-state index is 5.80. The largest absolute Gasteiger partial charge is 0.384 e. The van der Waals surface area contributed by atoms with Crippen molar-refractivity contribution in [3.05, 3.63) is 36.9 Å². The molecule has 3 N–H and O–H groups in total. The van der Waals surface area contributed by atoms with Crippen LogP contribution in [0.25, 0.3) is 0 Å². The van der Waals surface area contributed by atoms with Crippen LogP contribution in [0.4, 0.5) is 5.69 Å². The van der Waals surface area contributed by atoms with Gasteiger partial charge in [0.1, 0.15) is 0 Å². The second-order valence-electron chi connectivity index (χ2n) is 4.72. The van der Waals surface area contributed by atoms with Crippen LogP contribution < -0.4 is 11.1 Å². The van der Waals surface area contributed by atoms with E-state index in [1.165, 1.54) is 10.6 Å². The van der Waals surface area contributed by atoms with E-state index < -0.39 is 0 Å². The maximum absolute atomic E-state index is 5.80. The third kappa shape index (κ3) is 4.75. The van der Waals surface area contributed by atoms with Crippen molar-refractivity contribution in [3.63, 3.8) is 0 Å². The summed E-state index contributed by atoms with van der Waals surface area (Å²) in [4.78, 5) is 1.27. The van der Waals surface area contributed by atoms with Gasteiger partial charge in [0, 0.05) is 22.9 Å². The Labute approximate surface area is 115 Å². The van der Waals surface area contributed by atoms with Gasteiger partial charge in [0.15, 0.2) is 0 Å². The highest BCUT2D eigenvalue weighted by Crippen LogP contribution is 2.27. The molecule has 100 valence electrons. The summed E-state index contributed by atoms with van der Waals surface area (Å²) in [5, 5.41) is 3.52. The van der Waals surface area contributed by atoms with Gasteiger partial charge < -0.3 is 11.1 Å². The summed E-state index contributed by atoms with van der Waals surface area (Å²) in [6, 6.07) is 8.40. The third-order valence-corrected chi connectivity index (χ3v) is 4.11. The van der Waals surface area contributed by atoms with Crippen LogP contribution in [0.3, 0.4) is 0 Å². The Balaban J connectivity index is 2.62. The van der Waals surface area contributed by atoms with Gasteiger partial charge in [-0.2, -0.15) is 0 Å². The minimum atomic E-state index is 0.516. The molecule has 2 nitrogen and oxygen atoms in total. The predicted molar refractivity (Wildman–Crippen MR) is 83.2 cm³/mol. The van der Waals surface area contributed by atoms with Crippen molar-refractivity contribution in [3.8, 4) is 0 Å². The van der Waals surface area contributed by atoms with Crippen LogP contribution in [-0.2, 0) is 0 Å². The molecule has 1 atom stereocenters. The van der Waals surface area contributed by atoms with E-state index in [4.69, 9.17) is 5.73 Å². The molecule has 0 saturated heterocycles. The molecule has 0 amide bonds. The minimum Gasteiger partial charge on any atom is -0.384 e. The highest BCUT2D eigenvalue weighted by atomic mass is 32.2. The summed E-state index contributed by atoms with van der Waals surface area (Å²) in [7, 11) is 0. The Morgan fingerprint density at radius 2 is 2.11 bits per heavy atom. The van der Waals surface area contributed by atoms with E-state index in [1.54, 1.807) is 11.8 Å². The summed E-state index contributed by atoms with van der Waals surface area (Å²) >= 11 is 1.80. The maximum Gasteiger partial charge on any atom is 0.0478 e. The molecule has 0 aromatic heterocycles. The van der Waals surface area contributed by atoms with Gasteiger partial charge in [0.05, 0.1) is 0 Å². The smallest absolute Gasteiger partial charge is 0.0478 e. The van der Waals surface area contributed by atoms with Crippen molar-refractivity contribution < 1.29 is 0 Å². The molecule has 0 bridgehead atoms. The van der Waals surface area contributed by atoms with Crippen LogP contribution in [0.15, 0.2) is 41.8 Å². The number of anilines is 1. The summed E-state index contributed by atoms with van der Waals surface area (Å²) in [5.41, 5.74) is 7.00. The Hall–Kier alpha value is -0.930. The normalized spacial score (nSPS) is 12.4. The number of hydrogen-bond donors (Lipinski definition) is 2. The molecule has 0 aliphatic heterocycles. The number of hydrogen-bond acceptors (Lipinski definition) is 3. The van der Waals surface area contributed by atoms with E-state index in [2.05, 4.69) is 50.0 Å². The van der Waals surface area contributed by atoms with Crippen LogP contribution in [0, 0.1) is 11.8 Å². The average Bonchev–Trinajstić information content (AvgIpc) is 2.38. The van der Waals surface area contributed by atoms with Crippen LogP contribution >= 0.6 is 11.8 Å². The predicted octanol–water partition coefficient (Wildman–Crippen LogP) is 3.61. The lowest BCUT2D eigenvalue weighted by Gasteiger charge is -2.21. The number of thioether (sulfide) groups is 1. The topological polar surface area (TPSA) is 38.0 Å². The first-order valence-electron chi connectivity index (χ1n) is 6.45. The van der Waals surface area contributed by atoms with Gasteiger partial charge in [-0.1, -0.05) is 32.1 Å². The molecule has 0 aliphatic carbocycles. The number of benzene rings is 1. The lowest BCUT2D eigenvalue weighted by atomic mass is 9.96. The van der Waals surface area contributed by atoms with E-state index >= 15 is 0 Å². The van der Waals surface area contributed by atoms with Crippen LogP contribution in [0.1, 0.15) is 13.8 Å². The quantitative estimate of drug-likeness (QED) is 0.556. The van der Waals surface area contributed by atoms with E-state index in [1.807, 2.05) is 6.08 Å². The van der Waals surface area contributed by atoms with Gasteiger partial charge in [-0.05, 0) is 30.5 Å². The Morgan fingerprint density at radius 3 is 2.72 bits per heavy atom. The molecule has 1 aromatic rings. The molecule has 0 aliphatic rings. The van der Waals surface area contributed by atoms with Gasteiger partial charge in [-0.3, -0.25) is 0 Å². The Kier molecular flexibility index (Phi) is 6.91. The van der Waals surface area contributed by atoms with Crippen molar-refractivity contribution in [1.82, 2.24) is 0 Å². The van der Waals surface area contributed by atoms with Gasteiger partial charge in [0.25, 0.3) is 0 Å². The SMILES string of the molecule is C=CCSc1ccccc1NCC(CN)C(C)C. The second kappa shape index (κ2) is 8.22. The molecule has 1 rings (SSSR count). The summed E-state index contributed by atoms with van der Waals surface area (Å²) in [6.45, 7) is 9.86. The molecule has 0 saturated carbocycles. The highest BCUT2D eigenvalue weighted by molar-refractivity contribution is 7.99. The monoisotopic (exact) mass is 264 g/mol. The fraction of sp³-hybridized carbons (Fsp3) is 0.467. The van der Waals surface area contributed by atoms with E-state index in [-0.39, 0.29) is 0 Å². The first-order valence-corrected chi connectivity index (χ1v) is 7.44. The molecular weight excluding hydrogens is 240 g/mol. The standard InChI is InChI=1S/C15H24N2S/c1-4-9-18-15-8-6-5-7-14(15)17-11-13(10-16)12(2)3/h4-8,12-13,17H,1,9-11,16H2,2-3H3. The fourth-order valence-corrected chi connectivity index (χ4v) is 2.49. The van der Waals surface area contributed by atoms with Crippen molar-refractivity contribution >= 4 is 17.4 Å². The van der Waals surface area contributed by atoms with E-state index in [0.29, 0.717) is 11.8 Å². The van der Waals surface area contributed by atoms with Gasteiger partial charge in [-0.15, -0.1) is 18.3 Å². The molecule has 18 heavy (non-hydrogen) atoms. The van der Waals surface area contributed by atoms with Crippen molar-refractivity contribution in [2.45, 2.75) is 18.7 Å². The zero-order valence-electron chi connectivity index (χ0n) is 11.4. The number of nitrogens with two attached hydrogens (primary N) is 1. The molecule has 0 fully saturated rings. The van der Waals surface area contributed by atoms with Crippen LogP contribution in [0.2, 0.25) is 0 Å². The minimum absolute atomic E-state index is 0.516. The Bertz CT molecular complexity index is 363. The van der Waals surface area contributed by atoms with Crippen molar-refractivity contribution in [2.24, 2.45) is 17.6 Å². The van der Waals surface area contributed by atoms with Crippen LogP contribution in [-0.4, -0.2) is 18.8 Å². The van der Waals surface area contributed by atoms with E-state index in [0.717, 1.165) is 18.8 Å². The third-order valence-electron chi connectivity index (χ3n) is 3.04. The van der Waals surface area contributed by atoms with Crippen molar-refractivity contribution in [2.75, 3.05) is 24.2 Å². The summed E-state index contributed by atoms with van der Waals surface area (Å²) < 4.78 is 0. The van der Waals surface area contributed by atoms with Crippen LogP contribution in [0.5, 0.6) is 0 Å². The van der Waals surface area contributed by atoms with Gasteiger partial charge in [-0.25, -0.2) is 0 Å². The highest BCUT2D eigenvalue weighted by Gasteiger charge is 2.11. The lowest BCUT2D eigenvalue weighted by molar-refractivity contribution is 0.413. The fourth-order valence-electron chi connectivity index (χ4n) is 1.72. The zero-order valence-corrected chi connectivity index (χ0v) is 12.2. The Morgan fingerprint density at radius 1 is 1.39 bits per heavy atom. The summed E-state index contributed by atoms with van der Waals surface area (Å²) in [5.74, 6) is 2.06. The molecule has 1 aromatic carbocycles. The molecule has 0 heterocycles. The molecule has 1 unspecified atom stereocenters. The molecular formula is C15H24N2S. The molecule has 3 heteroatoms. The number of rotatable bonds is 8. The van der Waals surface area contributed by atoms with Gasteiger partial charge >= 0.3 is 0 Å². The zero-order chi connectivity index (χ0) is 13.4. The first kappa shape index (κ1) is 15.1. The lowest BCUT2D eigenvalue weighted by Crippen LogP contribution is -2.27.